The molecule has 218 valence electrons. The Morgan fingerprint density at radius 2 is 1.86 bits per heavy atom. The van der Waals surface area contributed by atoms with E-state index in [9.17, 15) is 18.0 Å². The number of carbonyl (C=O) groups excluding carboxylic acids is 1. The molecule has 2 aliphatic rings. The third-order valence-corrected chi connectivity index (χ3v) is 8.43. The smallest absolute Gasteiger partial charge is 0.412 e. The predicted octanol–water partition coefficient (Wildman–Crippen LogP) is 2.84. The number of aromatic nitrogens is 3. The number of rotatable bonds is 4. The molecule has 42 heavy (non-hydrogen) atoms. The second-order valence-corrected chi connectivity index (χ2v) is 12.3. The van der Waals surface area contributed by atoms with E-state index in [1.807, 2.05) is 0 Å². The second-order valence-electron chi connectivity index (χ2n) is 10.6. The average molecular weight is 592 g/mol. The maximum Gasteiger partial charge on any atom is 0.412 e. The Balaban J connectivity index is 1.41. The molecule has 4 aromatic rings. The number of morpholine rings is 1. The molecule has 0 radical (unpaired) electrons. The number of nitrogens with two attached hydrogens (primary N) is 1. The largest absolute Gasteiger partial charge is 0.423 e. The number of nitrogen functional groups attached to an aromatic ring is 1. The summed E-state index contributed by atoms with van der Waals surface area (Å²) < 4.78 is 41.8. The van der Waals surface area contributed by atoms with Crippen molar-refractivity contribution in [1.82, 2.24) is 19.4 Å². The molecule has 4 heterocycles. The molecular formula is C28H29N7O6S. The Kier molecular flexibility index (Phi) is 6.74. The quantitative estimate of drug-likeness (QED) is 0.321. The number of pyridine rings is 1. The van der Waals surface area contributed by atoms with E-state index in [-0.39, 0.29) is 35.3 Å². The van der Waals surface area contributed by atoms with E-state index in [1.165, 1.54) is 16.8 Å². The van der Waals surface area contributed by atoms with E-state index in [0.29, 0.717) is 40.9 Å². The van der Waals surface area contributed by atoms with Gasteiger partial charge < -0.3 is 25.4 Å². The third-order valence-electron chi connectivity index (χ3n) is 7.02. The Morgan fingerprint density at radius 3 is 2.64 bits per heavy atom. The highest BCUT2D eigenvalue weighted by Crippen LogP contribution is 2.29. The summed E-state index contributed by atoms with van der Waals surface area (Å²) in [5.41, 5.74) is 6.26. The number of amides is 1. The van der Waals surface area contributed by atoms with E-state index in [1.54, 1.807) is 67.3 Å². The average Bonchev–Trinajstić information content (AvgIpc) is 2.95. The van der Waals surface area contributed by atoms with Crippen LogP contribution in [0.3, 0.4) is 0 Å². The zero-order valence-corrected chi connectivity index (χ0v) is 23.7. The van der Waals surface area contributed by atoms with E-state index in [0.717, 1.165) is 0 Å². The summed E-state index contributed by atoms with van der Waals surface area (Å²) in [5, 5.41) is 3.39. The first-order chi connectivity index (χ1) is 20.0. The molecule has 0 aliphatic carbocycles. The fourth-order valence-corrected chi connectivity index (χ4v) is 6.15. The maximum atomic E-state index is 13.9. The van der Waals surface area contributed by atoms with Crippen LogP contribution in [-0.2, 0) is 26.0 Å². The highest BCUT2D eigenvalue weighted by Gasteiger charge is 2.34. The lowest BCUT2D eigenvalue weighted by Crippen LogP contribution is -2.52. The Labute approximate surface area is 241 Å². The monoisotopic (exact) mass is 591 g/mol. The molecule has 1 unspecified atom stereocenters. The van der Waals surface area contributed by atoms with Crippen molar-refractivity contribution in [2.24, 2.45) is 0 Å². The van der Waals surface area contributed by atoms with Crippen molar-refractivity contribution in [3.8, 4) is 11.1 Å². The molecule has 14 heteroatoms. The normalized spacial score (nSPS) is 18.5. The summed E-state index contributed by atoms with van der Waals surface area (Å²) in [6, 6.07) is 14.9. The van der Waals surface area contributed by atoms with Crippen LogP contribution in [0, 0.1) is 0 Å². The van der Waals surface area contributed by atoms with Crippen LogP contribution >= 0.6 is 0 Å². The molecule has 2 bridgehead atoms. The number of hydrogen-bond donors (Lipinski definition) is 3. The highest BCUT2D eigenvalue weighted by atomic mass is 32.2. The van der Waals surface area contributed by atoms with Crippen molar-refractivity contribution in [3.05, 3.63) is 71.1 Å². The van der Waals surface area contributed by atoms with Gasteiger partial charge in [-0.25, -0.2) is 23.2 Å². The topological polar surface area (TPSA) is 171 Å². The van der Waals surface area contributed by atoms with Gasteiger partial charge in [0.25, 0.3) is 15.6 Å². The third kappa shape index (κ3) is 5.33. The number of hydrogen-bond acceptors (Lipinski definition) is 10. The van der Waals surface area contributed by atoms with Gasteiger partial charge in [-0.3, -0.25) is 14.1 Å². The molecule has 0 saturated carbocycles. The van der Waals surface area contributed by atoms with Crippen molar-refractivity contribution in [2.45, 2.75) is 37.1 Å². The van der Waals surface area contributed by atoms with Crippen LogP contribution in [0.5, 0.6) is 0 Å². The summed E-state index contributed by atoms with van der Waals surface area (Å²) in [6.07, 6.45) is 0.534. The molecule has 1 saturated heterocycles. The predicted molar refractivity (Wildman–Crippen MR) is 156 cm³/mol. The lowest BCUT2D eigenvalue weighted by molar-refractivity contribution is -0.0491. The Morgan fingerprint density at radius 1 is 1.07 bits per heavy atom. The summed E-state index contributed by atoms with van der Waals surface area (Å²) >= 11 is 0. The van der Waals surface area contributed by atoms with E-state index < -0.39 is 27.9 Å². The number of cyclic esters (lactones) is 1. The number of fused-ring (bicyclic) bond motifs is 4. The molecule has 1 atom stereocenters. The first-order valence-corrected chi connectivity index (χ1v) is 14.7. The number of benzene rings is 2. The first kappa shape index (κ1) is 27.5. The lowest BCUT2D eigenvalue weighted by atomic mass is 10.1. The van der Waals surface area contributed by atoms with Crippen molar-refractivity contribution >= 4 is 44.5 Å². The van der Waals surface area contributed by atoms with Gasteiger partial charge in [-0.15, -0.1) is 0 Å². The molecule has 0 spiro atoms. The lowest BCUT2D eigenvalue weighted by Gasteiger charge is -2.37. The Bertz CT molecular complexity index is 1860. The molecular weight excluding hydrogens is 562 g/mol. The second kappa shape index (κ2) is 10.3. The van der Waals surface area contributed by atoms with Gasteiger partial charge in [-0.05, 0) is 49.7 Å². The minimum absolute atomic E-state index is 0.158. The van der Waals surface area contributed by atoms with Crippen molar-refractivity contribution in [3.63, 3.8) is 0 Å². The number of nitrogens with zero attached hydrogens (tertiary/aromatic N) is 4. The summed E-state index contributed by atoms with van der Waals surface area (Å²) in [6.45, 7) is 4.49. The molecule has 13 nitrogen and oxygen atoms in total. The van der Waals surface area contributed by atoms with Gasteiger partial charge in [0.1, 0.15) is 10.7 Å². The fraction of sp³-hybridized carbons (Fsp3) is 0.286. The number of carbonyl (C=O) groups is 1. The maximum absolute atomic E-state index is 13.9. The van der Waals surface area contributed by atoms with Crippen molar-refractivity contribution < 1.29 is 22.7 Å². The summed E-state index contributed by atoms with van der Waals surface area (Å²) in [7, 11) is -4.05. The van der Waals surface area contributed by atoms with Crippen LogP contribution in [0.4, 0.5) is 22.2 Å². The van der Waals surface area contributed by atoms with Gasteiger partial charge in [0, 0.05) is 24.0 Å². The number of anilines is 3. The van der Waals surface area contributed by atoms with Gasteiger partial charge in [0.2, 0.25) is 5.95 Å². The van der Waals surface area contributed by atoms with Gasteiger partial charge in [-0.1, -0.05) is 24.3 Å². The minimum Gasteiger partial charge on any atom is -0.423 e. The standard InChI is InChI=1S/C28H29N7O6S/c1-28(2)32-26-31-22-9-8-17(12-21(22)25(36)35(26)16-20-15-34(10-11-40-20)27(37)41-28)18-13-23(24(29)30-14-18)42(38,39)33-19-6-4-3-5-7-19/h3-9,12-14,20,33H,10-11,15-16H2,1-2H3,(H2,29,30)(H,31,32). The number of nitrogens with one attached hydrogen (secondary N) is 2. The molecule has 2 aromatic carbocycles. The van der Waals surface area contributed by atoms with Crippen LogP contribution in [0.25, 0.3) is 22.0 Å². The zero-order valence-electron chi connectivity index (χ0n) is 22.9. The molecule has 2 aliphatic heterocycles. The number of sulfonamides is 1. The van der Waals surface area contributed by atoms with Gasteiger partial charge >= 0.3 is 6.09 Å². The van der Waals surface area contributed by atoms with Crippen LogP contribution in [0.1, 0.15) is 13.8 Å². The minimum atomic E-state index is -4.05. The van der Waals surface area contributed by atoms with Gasteiger partial charge in [0.05, 0.1) is 36.7 Å². The van der Waals surface area contributed by atoms with Gasteiger partial charge in [-0.2, -0.15) is 0 Å². The molecule has 2 aromatic heterocycles. The molecule has 4 N–H and O–H groups in total. The van der Waals surface area contributed by atoms with Crippen LogP contribution < -0.4 is 21.3 Å². The number of para-hydroxylation sites is 1. The highest BCUT2D eigenvalue weighted by molar-refractivity contribution is 7.92. The van der Waals surface area contributed by atoms with Gasteiger partial charge in [0.15, 0.2) is 5.72 Å². The van der Waals surface area contributed by atoms with E-state index >= 15 is 0 Å². The zero-order chi connectivity index (χ0) is 29.6. The molecule has 1 amide bonds. The van der Waals surface area contributed by atoms with Crippen molar-refractivity contribution in [1.29, 1.82) is 0 Å². The van der Waals surface area contributed by atoms with Crippen molar-refractivity contribution in [2.75, 3.05) is 35.5 Å². The Hall–Kier alpha value is -4.69. The van der Waals surface area contributed by atoms with E-state index in [2.05, 4.69) is 20.0 Å². The van der Waals surface area contributed by atoms with Crippen LogP contribution in [0.2, 0.25) is 0 Å². The van der Waals surface area contributed by atoms with Crippen LogP contribution in [-0.4, -0.2) is 65.5 Å². The van der Waals surface area contributed by atoms with E-state index in [4.69, 9.17) is 15.2 Å². The molecule has 6 rings (SSSR count). The SMILES string of the molecule is CC1(C)Nc2nc3ccc(-c4cnc(N)c(S(=O)(=O)Nc5ccccc5)c4)cc3c(=O)n2CC2CN(CCO2)C(=O)O1. The summed E-state index contributed by atoms with van der Waals surface area (Å²) in [4.78, 5) is 36.8. The number of ether oxygens (including phenoxy) is 2. The van der Waals surface area contributed by atoms with Crippen LogP contribution in [0.15, 0.2) is 70.5 Å². The molecule has 1 fully saturated rings. The first-order valence-electron chi connectivity index (χ1n) is 13.3. The summed E-state index contributed by atoms with van der Waals surface area (Å²) in [5.74, 6) is 0.0733. The fourth-order valence-electron chi connectivity index (χ4n) is 4.99.